The average Bonchev–Trinajstić information content (AvgIpc) is 3.21. The van der Waals surface area contributed by atoms with Gasteiger partial charge < -0.3 is 15.2 Å². The van der Waals surface area contributed by atoms with E-state index in [1.54, 1.807) is 15.9 Å². The van der Waals surface area contributed by atoms with Gasteiger partial charge in [0.1, 0.15) is 5.56 Å². The Hall–Kier alpha value is -2.77. The molecule has 3 heterocycles. The second-order valence-electron chi connectivity index (χ2n) is 7.64. The van der Waals surface area contributed by atoms with Crippen molar-refractivity contribution in [2.75, 3.05) is 13.1 Å². The Bertz CT molecular complexity index is 1070. The fourth-order valence-electron chi connectivity index (χ4n) is 3.83. The highest BCUT2D eigenvalue weighted by Gasteiger charge is 2.21. The Morgan fingerprint density at radius 3 is 2.77 bits per heavy atom. The molecule has 1 amide bonds. The number of piperidine rings is 1. The molecule has 0 aliphatic carbocycles. The minimum atomic E-state index is -0.335. The summed E-state index contributed by atoms with van der Waals surface area (Å²) in [5, 5.41) is 9.16. The van der Waals surface area contributed by atoms with Crippen molar-refractivity contribution in [3.63, 3.8) is 0 Å². The molecule has 0 saturated carbocycles. The Morgan fingerprint density at radius 2 is 2.00 bits per heavy atom. The molecule has 6 nitrogen and oxygen atoms in total. The van der Waals surface area contributed by atoms with Crippen LogP contribution in [0.3, 0.4) is 0 Å². The molecule has 0 radical (unpaired) electrons. The number of thiazole rings is 1. The molecule has 0 unspecified atom stereocenters. The monoisotopic (exact) mass is 422 g/mol. The highest BCUT2D eigenvalue weighted by atomic mass is 32.1. The molecule has 1 aromatic carbocycles. The first-order valence-electron chi connectivity index (χ1n) is 10.3. The maximum Gasteiger partial charge on any atom is 0.263 e. The van der Waals surface area contributed by atoms with Crippen molar-refractivity contribution in [3.05, 3.63) is 85.7 Å². The number of pyridine rings is 1. The zero-order chi connectivity index (χ0) is 20.9. The van der Waals surface area contributed by atoms with Crippen LogP contribution in [0.2, 0.25) is 0 Å². The lowest BCUT2D eigenvalue weighted by molar-refractivity contribution is 0.0947. The van der Waals surface area contributed by atoms with Crippen LogP contribution < -0.4 is 16.2 Å². The lowest BCUT2D eigenvalue weighted by Gasteiger charge is -2.25. The highest BCUT2D eigenvalue weighted by molar-refractivity contribution is 7.09. The maximum atomic E-state index is 13.0. The summed E-state index contributed by atoms with van der Waals surface area (Å²) in [6, 6.07) is 12.2. The number of carbonyl (C=O) groups excluding carboxylic acids is 1. The van der Waals surface area contributed by atoms with Gasteiger partial charge in [0.05, 0.1) is 17.2 Å². The summed E-state index contributed by atoms with van der Waals surface area (Å²) < 4.78 is 1.73. The minimum Gasteiger partial charge on any atom is -0.346 e. The van der Waals surface area contributed by atoms with E-state index in [1.165, 1.54) is 5.56 Å². The minimum absolute atomic E-state index is 0.144. The van der Waals surface area contributed by atoms with Crippen molar-refractivity contribution in [1.82, 2.24) is 20.2 Å². The second kappa shape index (κ2) is 9.36. The molecule has 0 spiro atoms. The Morgan fingerprint density at radius 1 is 1.23 bits per heavy atom. The summed E-state index contributed by atoms with van der Waals surface area (Å²) in [6.45, 7) is 3.90. The molecule has 1 aliphatic heterocycles. The van der Waals surface area contributed by atoms with Crippen molar-refractivity contribution in [2.45, 2.75) is 38.8 Å². The van der Waals surface area contributed by atoms with Crippen LogP contribution in [0.1, 0.15) is 51.1 Å². The number of nitrogens with one attached hydrogen (secondary N) is 2. The van der Waals surface area contributed by atoms with E-state index in [1.807, 2.05) is 42.8 Å². The van der Waals surface area contributed by atoms with Gasteiger partial charge in [0.25, 0.3) is 11.5 Å². The van der Waals surface area contributed by atoms with E-state index in [9.17, 15) is 9.59 Å². The predicted octanol–water partition coefficient (Wildman–Crippen LogP) is 3.06. The van der Waals surface area contributed by atoms with Gasteiger partial charge in [0, 0.05) is 24.0 Å². The fourth-order valence-corrected chi connectivity index (χ4v) is 4.66. The molecule has 0 atom stereocenters. The summed E-state index contributed by atoms with van der Waals surface area (Å²) in [4.78, 5) is 30.5. The van der Waals surface area contributed by atoms with E-state index in [4.69, 9.17) is 0 Å². The highest BCUT2D eigenvalue weighted by Crippen LogP contribution is 2.18. The Labute approximate surface area is 180 Å². The maximum absolute atomic E-state index is 13.0. The topological polar surface area (TPSA) is 76.0 Å². The fraction of sp³-hybridized carbons (Fsp3) is 0.348. The summed E-state index contributed by atoms with van der Waals surface area (Å²) in [5.41, 5.74) is 2.75. The number of aryl methyl sites for hydroxylation is 1. The summed E-state index contributed by atoms with van der Waals surface area (Å²) in [7, 11) is 0. The van der Waals surface area contributed by atoms with Gasteiger partial charge in [-0.05, 0) is 50.0 Å². The molecule has 156 valence electrons. The molecule has 1 saturated heterocycles. The van der Waals surface area contributed by atoms with Crippen LogP contribution in [-0.4, -0.2) is 28.5 Å². The van der Waals surface area contributed by atoms with Crippen molar-refractivity contribution < 1.29 is 4.79 Å². The largest absolute Gasteiger partial charge is 0.346 e. The number of amides is 1. The molecular weight excluding hydrogens is 396 g/mol. The van der Waals surface area contributed by atoms with E-state index in [0.29, 0.717) is 12.1 Å². The van der Waals surface area contributed by atoms with E-state index in [-0.39, 0.29) is 23.1 Å². The van der Waals surface area contributed by atoms with Crippen LogP contribution >= 0.6 is 11.3 Å². The number of nitrogens with zero attached hydrogens (tertiary/aromatic N) is 2. The zero-order valence-corrected chi connectivity index (χ0v) is 17.9. The first-order chi connectivity index (χ1) is 14.6. The molecule has 7 heteroatoms. The van der Waals surface area contributed by atoms with Crippen LogP contribution in [0.15, 0.2) is 52.8 Å². The van der Waals surface area contributed by atoms with Gasteiger partial charge in [-0.3, -0.25) is 9.59 Å². The van der Waals surface area contributed by atoms with Crippen molar-refractivity contribution in [2.24, 2.45) is 0 Å². The van der Waals surface area contributed by atoms with Crippen molar-refractivity contribution in [3.8, 4) is 0 Å². The van der Waals surface area contributed by atoms with Gasteiger partial charge in [-0.2, -0.15) is 0 Å². The molecule has 30 heavy (non-hydrogen) atoms. The van der Waals surface area contributed by atoms with Crippen molar-refractivity contribution in [1.29, 1.82) is 0 Å². The first-order valence-corrected chi connectivity index (χ1v) is 11.2. The van der Waals surface area contributed by atoms with Crippen molar-refractivity contribution >= 4 is 17.2 Å². The van der Waals surface area contributed by atoms with Crippen LogP contribution in [0.25, 0.3) is 0 Å². The number of aromatic nitrogens is 2. The lowest BCUT2D eigenvalue weighted by Crippen LogP contribution is -2.38. The number of hydrogen-bond acceptors (Lipinski definition) is 5. The first kappa shape index (κ1) is 20.5. The molecule has 3 aromatic rings. The molecule has 2 N–H and O–H groups in total. The van der Waals surface area contributed by atoms with E-state index in [0.717, 1.165) is 43.1 Å². The van der Waals surface area contributed by atoms with Crippen LogP contribution in [0.5, 0.6) is 0 Å². The molecule has 0 bridgehead atoms. The van der Waals surface area contributed by atoms with E-state index < -0.39 is 0 Å². The third-order valence-electron chi connectivity index (χ3n) is 5.48. The number of rotatable bonds is 6. The molecule has 1 fully saturated rings. The van der Waals surface area contributed by atoms with E-state index in [2.05, 4.69) is 27.8 Å². The zero-order valence-electron chi connectivity index (χ0n) is 17.1. The molecule has 1 aliphatic rings. The van der Waals surface area contributed by atoms with Crippen LogP contribution in [0.4, 0.5) is 0 Å². The van der Waals surface area contributed by atoms with Gasteiger partial charge in [-0.15, -0.1) is 11.3 Å². The number of benzene rings is 1. The Balaban J connectivity index is 1.43. The van der Waals surface area contributed by atoms with Gasteiger partial charge >= 0.3 is 0 Å². The van der Waals surface area contributed by atoms with Gasteiger partial charge in [-0.1, -0.05) is 30.3 Å². The standard InChI is InChI=1S/C23H26N4O2S/c1-16-9-12-27(19-7-10-24-11-8-19)23(29)21(16)22(28)25-14-18-15-30-20(26-18)13-17-5-3-2-4-6-17/h2-6,9,12,15,19,24H,7-8,10-11,13-14H2,1H3,(H,25,28). The summed E-state index contributed by atoms with van der Waals surface area (Å²) >= 11 is 1.59. The van der Waals surface area contributed by atoms with Gasteiger partial charge in [0.15, 0.2) is 0 Å². The van der Waals surface area contributed by atoms with Gasteiger partial charge in [0.2, 0.25) is 0 Å². The smallest absolute Gasteiger partial charge is 0.263 e. The second-order valence-corrected chi connectivity index (χ2v) is 8.59. The molecule has 4 rings (SSSR count). The van der Waals surface area contributed by atoms with E-state index >= 15 is 0 Å². The lowest BCUT2D eigenvalue weighted by atomic mass is 10.0. The molecular formula is C23H26N4O2S. The Kier molecular flexibility index (Phi) is 6.40. The third kappa shape index (κ3) is 4.68. The SMILES string of the molecule is Cc1ccn(C2CCNCC2)c(=O)c1C(=O)NCc1csc(Cc2ccccc2)n1. The average molecular weight is 423 g/mol. The quantitative estimate of drug-likeness (QED) is 0.640. The number of carbonyl (C=O) groups is 1. The normalized spacial score (nSPS) is 14.6. The van der Waals surface area contributed by atoms with Gasteiger partial charge in [-0.25, -0.2) is 4.98 Å². The molecule has 2 aromatic heterocycles. The summed E-state index contributed by atoms with van der Waals surface area (Å²) in [5.74, 6) is -0.335. The summed E-state index contributed by atoms with van der Waals surface area (Å²) in [6.07, 6.45) is 4.39. The van der Waals surface area contributed by atoms with Crippen LogP contribution in [0, 0.1) is 6.92 Å². The van der Waals surface area contributed by atoms with Crippen LogP contribution in [-0.2, 0) is 13.0 Å². The third-order valence-corrected chi connectivity index (χ3v) is 6.38. The predicted molar refractivity (Wildman–Crippen MR) is 119 cm³/mol. The number of hydrogen-bond donors (Lipinski definition) is 2.